The van der Waals surface area contributed by atoms with Gasteiger partial charge in [-0.05, 0) is 32.1 Å². The zero-order valence-corrected chi connectivity index (χ0v) is 12.2. The molecule has 4 N–H and O–H groups in total. The number of nitrogens with one attached hydrogen (secondary N) is 2. The van der Waals surface area contributed by atoms with Gasteiger partial charge in [-0.1, -0.05) is 25.5 Å². The summed E-state index contributed by atoms with van der Waals surface area (Å²) in [5.74, 6) is 0.184. The van der Waals surface area contributed by atoms with Crippen molar-refractivity contribution >= 4 is 11.8 Å². The lowest BCUT2D eigenvalue weighted by atomic mass is 9.66. The van der Waals surface area contributed by atoms with E-state index in [2.05, 4.69) is 30.8 Å². The van der Waals surface area contributed by atoms with Crippen LogP contribution in [0.1, 0.15) is 47.0 Å². The highest BCUT2D eigenvalue weighted by molar-refractivity contribution is 5.85. The minimum Gasteiger partial charge on any atom is -0.351 e. The first kappa shape index (κ1) is 15.7. The maximum Gasteiger partial charge on any atom is 0.326 e. The van der Waals surface area contributed by atoms with Crippen LogP contribution in [0.25, 0.3) is 0 Å². The van der Waals surface area contributed by atoms with Crippen molar-refractivity contribution in [3.05, 3.63) is 11.6 Å². The number of hydrogen-bond donors (Lipinski definition) is 3. The van der Waals surface area contributed by atoms with Crippen LogP contribution in [0.15, 0.2) is 11.6 Å². The molecule has 2 amide bonds. The van der Waals surface area contributed by atoms with Crippen LogP contribution in [-0.2, 0) is 4.79 Å². The van der Waals surface area contributed by atoms with Gasteiger partial charge in [-0.25, -0.2) is 10.2 Å². The Hall–Kier alpha value is -1.36. The summed E-state index contributed by atoms with van der Waals surface area (Å²) in [6, 6.07) is -0.779. The summed E-state index contributed by atoms with van der Waals surface area (Å²) in [5.41, 5.74) is 11.2. The quantitative estimate of drug-likeness (QED) is 0.525. The minimum atomic E-state index is -0.645. The summed E-state index contributed by atoms with van der Waals surface area (Å²) in [5, 5.41) is 0. The molecular weight excluding hydrogens is 242 g/mol. The highest BCUT2D eigenvalue weighted by atomic mass is 16.2. The molecule has 2 atom stereocenters. The third-order valence-electron chi connectivity index (χ3n) is 3.76. The standard InChI is InChI=1S/C14H25N3O2/c1-9-6-5-7-14(3,4)12(9)11(18)8-10(2)16-17-13(15)19/h6,10,12,16H,5,7-8H2,1-4H3,(H3,15,17,19)/t10-,12-/m1/s1. The van der Waals surface area contributed by atoms with Crippen LogP contribution in [-0.4, -0.2) is 17.9 Å². The van der Waals surface area contributed by atoms with Gasteiger partial charge in [0.1, 0.15) is 5.78 Å². The molecule has 0 aliphatic heterocycles. The van der Waals surface area contributed by atoms with Gasteiger partial charge in [0.2, 0.25) is 0 Å². The molecular formula is C14H25N3O2. The van der Waals surface area contributed by atoms with E-state index < -0.39 is 6.03 Å². The number of carbonyl (C=O) groups is 2. The van der Waals surface area contributed by atoms with Crippen LogP contribution in [0.3, 0.4) is 0 Å². The average Bonchev–Trinajstić information content (AvgIpc) is 2.24. The highest BCUT2D eigenvalue weighted by Gasteiger charge is 2.37. The summed E-state index contributed by atoms with van der Waals surface area (Å²) in [7, 11) is 0. The van der Waals surface area contributed by atoms with Gasteiger partial charge in [-0.15, -0.1) is 0 Å². The van der Waals surface area contributed by atoms with Crippen LogP contribution in [0.2, 0.25) is 0 Å². The second-order valence-electron chi connectivity index (χ2n) is 6.11. The van der Waals surface area contributed by atoms with Crippen molar-refractivity contribution in [3.63, 3.8) is 0 Å². The third kappa shape index (κ3) is 4.35. The van der Waals surface area contributed by atoms with E-state index in [1.165, 1.54) is 0 Å². The van der Waals surface area contributed by atoms with Gasteiger partial charge in [0.15, 0.2) is 0 Å². The first-order valence-corrected chi connectivity index (χ1v) is 6.74. The van der Waals surface area contributed by atoms with Crippen molar-refractivity contribution < 1.29 is 9.59 Å². The highest BCUT2D eigenvalue weighted by Crippen LogP contribution is 2.41. The lowest BCUT2D eigenvalue weighted by Gasteiger charge is -2.37. The van der Waals surface area contributed by atoms with Gasteiger partial charge < -0.3 is 5.73 Å². The van der Waals surface area contributed by atoms with E-state index in [1.54, 1.807) is 0 Å². The van der Waals surface area contributed by atoms with Gasteiger partial charge in [-0.3, -0.25) is 10.2 Å². The van der Waals surface area contributed by atoms with Crippen molar-refractivity contribution in [2.45, 2.75) is 53.0 Å². The van der Waals surface area contributed by atoms with Crippen molar-refractivity contribution in [2.24, 2.45) is 17.1 Å². The van der Waals surface area contributed by atoms with E-state index in [1.807, 2.05) is 13.8 Å². The minimum absolute atomic E-state index is 0.00670. The van der Waals surface area contributed by atoms with Crippen molar-refractivity contribution in [2.75, 3.05) is 0 Å². The summed E-state index contributed by atoms with van der Waals surface area (Å²) in [4.78, 5) is 23.1. The normalized spacial score (nSPS) is 23.4. The topological polar surface area (TPSA) is 84.2 Å². The molecule has 1 rings (SSSR count). The van der Waals surface area contributed by atoms with Crippen molar-refractivity contribution in [1.82, 2.24) is 10.9 Å². The summed E-state index contributed by atoms with van der Waals surface area (Å²) in [6.07, 6.45) is 4.61. The number of urea groups is 1. The number of rotatable bonds is 5. The molecule has 0 saturated heterocycles. The molecule has 108 valence electrons. The first-order valence-electron chi connectivity index (χ1n) is 6.74. The fraction of sp³-hybridized carbons (Fsp3) is 0.714. The summed E-state index contributed by atoms with van der Waals surface area (Å²) in [6.45, 7) is 8.17. The first-order chi connectivity index (χ1) is 8.74. The van der Waals surface area contributed by atoms with Crippen molar-refractivity contribution in [1.29, 1.82) is 0 Å². The zero-order valence-electron chi connectivity index (χ0n) is 12.2. The number of hydrogen-bond acceptors (Lipinski definition) is 3. The lowest BCUT2D eigenvalue weighted by Crippen LogP contribution is -2.47. The van der Waals surface area contributed by atoms with Crippen LogP contribution >= 0.6 is 0 Å². The van der Waals surface area contributed by atoms with E-state index in [4.69, 9.17) is 5.73 Å². The Morgan fingerprint density at radius 3 is 2.68 bits per heavy atom. The summed E-state index contributed by atoms with van der Waals surface area (Å²) < 4.78 is 0. The van der Waals surface area contributed by atoms with Gasteiger partial charge in [0, 0.05) is 18.4 Å². The summed E-state index contributed by atoms with van der Waals surface area (Å²) >= 11 is 0. The second kappa shape index (κ2) is 6.19. The lowest BCUT2D eigenvalue weighted by molar-refractivity contribution is -0.125. The molecule has 0 fully saturated rings. The van der Waals surface area contributed by atoms with Gasteiger partial charge >= 0.3 is 6.03 Å². The smallest absolute Gasteiger partial charge is 0.326 e. The molecule has 1 aliphatic carbocycles. The molecule has 5 heteroatoms. The van der Waals surface area contributed by atoms with E-state index in [0.29, 0.717) is 6.42 Å². The largest absolute Gasteiger partial charge is 0.351 e. The van der Waals surface area contributed by atoms with E-state index in [9.17, 15) is 9.59 Å². The fourth-order valence-corrected chi connectivity index (χ4v) is 2.91. The maximum atomic E-state index is 12.5. The van der Waals surface area contributed by atoms with Crippen LogP contribution in [0.5, 0.6) is 0 Å². The monoisotopic (exact) mass is 267 g/mol. The van der Waals surface area contributed by atoms with E-state index in [-0.39, 0.29) is 23.2 Å². The number of allylic oxidation sites excluding steroid dienone is 2. The fourth-order valence-electron chi connectivity index (χ4n) is 2.91. The van der Waals surface area contributed by atoms with Crippen LogP contribution in [0, 0.1) is 11.3 Å². The third-order valence-corrected chi connectivity index (χ3v) is 3.76. The van der Waals surface area contributed by atoms with Gasteiger partial charge in [0.05, 0.1) is 0 Å². The number of primary amides is 1. The molecule has 0 saturated carbocycles. The predicted octanol–water partition coefficient (Wildman–Crippen LogP) is 1.89. The van der Waals surface area contributed by atoms with Crippen LogP contribution in [0.4, 0.5) is 4.79 Å². The Bertz CT molecular complexity index is 388. The Labute approximate surface area is 115 Å². The molecule has 0 aromatic carbocycles. The van der Waals surface area contributed by atoms with Gasteiger partial charge in [0.25, 0.3) is 0 Å². The number of carbonyl (C=O) groups excluding carboxylic acids is 2. The van der Waals surface area contributed by atoms with Gasteiger partial charge in [-0.2, -0.15) is 0 Å². The zero-order chi connectivity index (χ0) is 14.6. The molecule has 0 radical (unpaired) electrons. The van der Waals surface area contributed by atoms with Crippen molar-refractivity contribution in [3.8, 4) is 0 Å². The van der Waals surface area contributed by atoms with Crippen LogP contribution < -0.4 is 16.6 Å². The van der Waals surface area contributed by atoms with E-state index in [0.717, 1.165) is 18.4 Å². The number of amides is 2. The molecule has 0 aromatic heterocycles. The molecule has 0 bridgehead atoms. The molecule has 0 spiro atoms. The number of nitrogens with two attached hydrogens (primary N) is 1. The second-order valence-corrected chi connectivity index (χ2v) is 6.11. The van der Waals surface area contributed by atoms with E-state index >= 15 is 0 Å². The molecule has 1 aliphatic rings. The Morgan fingerprint density at radius 2 is 2.16 bits per heavy atom. The Kier molecular flexibility index (Phi) is 5.11. The molecule has 19 heavy (non-hydrogen) atoms. The number of hydrazine groups is 1. The average molecular weight is 267 g/mol. The molecule has 0 aromatic rings. The molecule has 0 heterocycles. The number of ketones is 1. The maximum absolute atomic E-state index is 12.5. The molecule has 5 nitrogen and oxygen atoms in total. The SMILES string of the molecule is CC1=CCCC(C)(C)[C@H]1C(=O)C[C@@H](C)NNC(N)=O. The Balaban J connectivity index is 2.63. The predicted molar refractivity (Wildman–Crippen MR) is 75.2 cm³/mol. The Morgan fingerprint density at radius 1 is 1.53 bits per heavy atom. The molecule has 0 unspecified atom stereocenters. The number of Topliss-reactive ketones (excluding diaryl/α,β-unsaturated/α-hetero) is 1.